The number of benzene rings is 2. The minimum atomic E-state index is -0.107. The van der Waals surface area contributed by atoms with Crippen LogP contribution in [0.2, 0.25) is 0 Å². The van der Waals surface area contributed by atoms with Crippen molar-refractivity contribution >= 4 is 22.5 Å². The van der Waals surface area contributed by atoms with Crippen molar-refractivity contribution in [2.45, 2.75) is 13.5 Å². The maximum atomic E-state index is 12.7. The van der Waals surface area contributed by atoms with Crippen LogP contribution in [0.5, 0.6) is 0 Å². The summed E-state index contributed by atoms with van der Waals surface area (Å²) in [5, 5.41) is 2.14. The standard InChI is InChI=1S/C20H18N2O2/c1-14(23)15-5-3-6-16(11-15)20(24)22(2)13-18-8-4-7-17-12-21-10-9-19(17)18/h3-12H,13H2,1-2H3. The van der Waals surface area contributed by atoms with E-state index in [1.807, 2.05) is 30.5 Å². The highest BCUT2D eigenvalue weighted by Gasteiger charge is 2.14. The summed E-state index contributed by atoms with van der Waals surface area (Å²) < 4.78 is 0. The Morgan fingerprint density at radius 2 is 1.79 bits per heavy atom. The van der Waals surface area contributed by atoms with Gasteiger partial charge in [0.15, 0.2) is 5.78 Å². The van der Waals surface area contributed by atoms with Crippen LogP contribution in [0.3, 0.4) is 0 Å². The number of fused-ring (bicyclic) bond motifs is 1. The third kappa shape index (κ3) is 3.18. The Balaban J connectivity index is 1.86. The van der Waals surface area contributed by atoms with Crippen molar-refractivity contribution in [2.75, 3.05) is 7.05 Å². The molecule has 1 aromatic heterocycles. The first-order valence-electron chi connectivity index (χ1n) is 7.74. The van der Waals surface area contributed by atoms with Gasteiger partial charge in [0.2, 0.25) is 0 Å². The molecule has 0 aliphatic heterocycles. The summed E-state index contributed by atoms with van der Waals surface area (Å²) in [6.45, 7) is 1.99. The first-order valence-corrected chi connectivity index (χ1v) is 7.74. The lowest BCUT2D eigenvalue weighted by Gasteiger charge is -2.19. The number of carbonyl (C=O) groups excluding carboxylic acids is 2. The van der Waals surface area contributed by atoms with Gasteiger partial charge < -0.3 is 4.90 Å². The van der Waals surface area contributed by atoms with E-state index in [9.17, 15) is 9.59 Å². The van der Waals surface area contributed by atoms with E-state index in [1.165, 1.54) is 6.92 Å². The number of hydrogen-bond acceptors (Lipinski definition) is 3. The van der Waals surface area contributed by atoms with Crippen molar-refractivity contribution in [1.29, 1.82) is 0 Å². The zero-order valence-electron chi connectivity index (χ0n) is 13.7. The van der Waals surface area contributed by atoms with Crippen LogP contribution < -0.4 is 0 Å². The molecule has 0 fully saturated rings. The predicted molar refractivity (Wildman–Crippen MR) is 94.0 cm³/mol. The second-order valence-corrected chi connectivity index (χ2v) is 5.81. The zero-order valence-corrected chi connectivity index (χ0v) is 13.7. The number of carbonyl (C=O) groups is 2. The molecule has 4 nitrogen and oxygen atoms in total. The second kappa shape index (κ2) is 6.62. The number of rotatable bonds is 4. The van der Waals surface area contributed by atoms with Gasteiger partial charge in [-0.2, -0.15) is 0 Å². The highest BCUT2D eigenvalue weighted by atomic mass is 16.2. The molecule has 120 valence electrons. The molecule has 0 spiro atoms. The summed E-state index contributed by atoms with van der Waals surface area (Å²) in [6, 6.07) is 14.8. The quantitative estimate of drug-likeness (QED) is 0.689. The summed E-state index contributed by atoms with van der Waals surface area (Å²) in [5.41, 5.74) is 2.13. The van der Waals surface area contributed by atoms with E-state index in [0.29, 0.717) is 17.7 Å². The maximum Gasteiger partial charge on any atom is 0.253 e. The van der Waals surface area contributed by atoms with Gasteiger partial charge in [0.05, 0.1) is 0 Å². The van der Waals surface area contributed by atoms with Crippen LogP contribution in [-0.4, -0.2) is 28.6 Å². The molecule has 1 heterocycles. The van der Waals surface area contributed by atoms with Crippen molar-refractivity contribution in [1.82, 2.24) is 9.88 Å². The Kier molecular flexibility index (Phi) is 4.38. The molecule has 3 rings (SSSR count). The van der Waals surface area contributed by atoms with E-state index >= 15 is 0 Å². The van der Waals surface area contributed by atoms with E-state index in [1.54, 1.807) is 42.4 Å². The monoisotopic (exact) mass is 318 g/mol. The van der Waals surface area contributed by atoms with E-state index in [-0.39, 0.29) is 11.7 Å². The van der Waals surface area contributed by atoms with Crippen molar-refractivity contribution in [2.24, 2.45) is 0 Å². The summed E-state index contributed by atoms with van der Waals surface area (Å²) in [6.07, 6.45) is 3.57. The number of aromatic nitrogens is 1. The second-order valence-electron chi connectivity index (χ2n) is 5.81. The lowest BCUT2D eigenvalue weighted by atomic mass is 10.0. The molecule has 0 bridgehead atoms. The molecule has 1 amide bonds. The zero-order chi connectivity index (χ0) is 17.1. The van der Waals surface area contributed by atoms with Gasteiger partial charge in [0.25, 0.3) is 5.91 Å². The fraction of sp³-hybridized carbons (Fsp3) is 0.150. The maximum absolute atomic E-state index is 12.7. The molecular formula is C20H18N2O2. The summed E-state index contributed by atoms with van der Waals surface area (Å²) in [7, 11) is 1.77. The Bertz CT molecular complexity index is 913. The first kappa shape index (κ1) is 15.9. The van der Waals surface area contributed by atoms with Gasteiger partial charge in [0.1, 0.15) is 0 Å². The average molecular weight is 318 g/mol. The largest absolute Gasteiger partial charge is 0.337 e. The van der Waals surface area contributed by atoms with Gasteiger partial charge in [-0.05, 0) is 36.1 Å². The van der Waals surface area contributed by atoms with Crippen LogP contribution in [0, 0.1) is 0 Å². The van der Waals surface area contributed by atoms with Crippen LogP contribution in [0.1, 0.15) is 33.2 Å². The Labute approximate surface area is 140 Å². The average Bonchev–Trinajstić information content (AvgIpc) is 2.61. The predicted octanol–water partition coefficient (Wildman–Crippen LogP) is 3.71. The number of nitrogens with zero attached hydrogens (tertiary/aromatic N) is 2. The molecule has 0 radical (unpaired) electrons. The van der Waals surface area contributed by atoms with Crippen molar-refractivity contribution in [3.05, 3.63) is 77.6 Å². The minimum Gasteiger partial charge on any atom is -0.337 e. The molecule has 2 aromatic carbocycles. The van der Waals surface area contributed by atoms with Crippen molar-refractivity contribution in [3.8, 4) is 0 Å². The molecule has 24 heavy (non-hydrogen) atoms. The van der Waals surface area contributed by atoms with E-state index < -0.39 is 0 Å². The van der Waals surface area contributed by atoms with Gasteiger partial charge >= 0.3 is 0 Å². The number of amides is 1. The van der Waals surface area contributed by atoms with Crippen molar-refractivity contribution < 1.29 is 9.59 Å². The molecule has 0 saturated carbocycles. The molecule has 0 saturated heterocycles. The smallest absolute Gasteiger partial charge is 0.253 e. The lowest BCUT2D eigenvalue weighted by molar-refractivity contribution is 0.0785. The normalized spacial score (nSPS) is 10.6. The summed E-state index contributed by atoms with van der Waals surface area (Å²) >= 11 is 0. The molecule has 0 aliphatic carbocycles. The Hall–Kier alpha value is -3.01. The Morgan fingerprint density at radius 3 is 2.58 bits per heavy atom. The third-order valence-electron chi connectivity index (χ3n) is 4.04. The van der Waals surface area contributed by atoms with Gasteiger partial charge in [-0.25, -0.2) is 0 Å². The minimum absolute atomic E-state index is 0.0474. The topological polar surface area (TPSA) is 50.3 Å². The van der Waals surface area contributed by atoms with Crippen LogP contribution in [0.4, 0.5) is 0 Å². The van der Waals surface area contributed by atoms with Crippen LogP contribution in [-0.2, 0) is 6.54 Å². The van der Waals surface area contributed by atoms with Gasteiger partial charge in [-0.1, -0.05) is 30.3 Å². The Morgan fingerprint density at radius 1 is 1.04 bits per heavy atom. The van der Waals surface area contributed by atoms with Crippen LogP contribution in [0.25, 0.3) is 10.8 Å². The highest BCUT2D eigenvalue weighted by molar-refractivity contribution is 5.99. The fourth-order valence-corrected chi connectivity index (χ4v) is 2.75. The fourth-order valence-electron chi connectivity index (χ4n) is 2.75. The molecule has 0 aliphatic rings. The van der Waals surface area contributed by atoms with Gasteiger partial charge in [0, 0.05) is 42.5 Å². The van der Waals surface area contributed by atoms with E-state index in [0.717, 1.165) is 16.3 Å². The molecule has 4 heteroatoms. The summed E-state index contributed by atoms with van der Waals surface area (Å²) in [5.74, 6) is -0.155. The molecule has 0 unspecified atom stereocenters. The van der Waals surface area contributed by atoms with Crippen LogP contribution in [0.15, 0.2) is 60.9 Å². The number of ketones is 1. The third-order valence-corrected chi connectivity index (χ3v) is 4.04. The number of hydrogen-bond donors (Lipinski definition) is 0. The highest BCUT2D eigenvalue weighted by Crippen LogP contribution is 2.19. The number of pyridine rings is 1. The van der Waals surface area contributed by atoms with E-state index in [2.05, 4.69) is 4.98 Å². The first-order chi connectivity index (χ1) is 11.6. The molecule has 0 atom stereocenters. The SMILES string of the molecule is CC(=O)c1cccc(C(=O)N(C)Cc2cccc3cnccc23)c1. The van der Waals surface area contributed by atoms with Gasteiger partial charge in [-0.15, -0.1) is 0 Å². The number of Topliss-reactive ketones (excluding diaryl/α,β-unsaturated/α-hetero) is 1. The summed E-state index contributed by atoms with van der Waals surface area (Å²) in [4.78, 5) is 29.9. The van der Waals surface area contributed by atoms with Crippen molar-refractivity contribution in [3.63, 3.8) is 0 Å². The van der Waals surface area contributed by atoms with E-state index in [4.69, 9.17) is 0 Å². The van der Waals surface area contributed by atoms with Crippen LogP contribution >= 0.6 is 0 Å². The lowest BCUT2D eigenvalue weighted by Crippen LogP contribution is -2.26. The molecular weight excluding hydrogens is 300 g/mol. The molecule has 3 aromatic rings. The van der Waals surface area contributed by atoms with Gasteiger partial charge in [-0.3, -0.25) is 14.6 Å². The molecule has 0 N–H and O–H groups in total.